The quantitative estimate of drug-likeness (QED) is 0.468. The maximum absolute atomic E-state index is 10.9. The SMILES string of the molecule is CCN(C)CCNCC(=O)NC(N)=O. The Morgan fingerprint density at radius 1 is 1.43 bits per heavy atom. The molecule has 0 unspecified atom stereocenters. The first kappa shape index (κ1) is 12.9. The summed E-state index contributed by atoms with van der Waals surface area (Å²) in [6, 6.07) is -0.817. The molecule has 0 heterocycles. The van der Waals surface area contributed by atoms with Gasteiger partial charge in [-0.15, -0.1) is 0 Å². The Bertz CT molecular complexity index is 196. The number of likely N-dealkylation sites (N-methyl/N-ethyl adjacent to an activating group) is 1. The van der Waals surface area contributed by atoms with Crippen molar-refractivity contribution >= 4 is 11.9 Å². The third-order valence-corrected chi connectivity index (χ3v) is 1.76. The monoisotopic (exact) mass is 202 g/mol. The summed E-state index contributed by atoms with van der Waals surface area (Å²) in [6.07, 6.45) is 0. The van der Waals surface area contributed by atoms with Gasteiger partial charge in [-0.3, -0.25) is 10.1 Å². The predicted octanol–water partition coefficient (Wildman–Crippen LogP) is -1.28. The van der Waals surface area contributed by atoms with Gasteiger partial charge in [-0.05, 0) is 13.6 Å². The van der Waals surface area contributed by atoms with Gasteiger partial charge in [0.15, 0.2) is 0 Å². The molecule has 0 aliphatic heterocycles. The zero-order chi connectivity index (χ0) is 11.0. The van der Waals surface area contributed by atoms with Crippen molar-refractivity contribution in [3.8, 4) is 0 Å². The highest BCUT2D eigenvalue weighted by atomic mass is 16.2. The summed E-state index contributed by atoms with van der Waals surface area (Å²) >= 11 is 0. The summed E-state index contributed by atoms with van der Waals surface area (Å²) in [5.74, 6) is -0.406. The molecule has 0 aromatic heterocycles. The van der Waals surface area contributed by atoms with Gasteiger partial charge in [0.05, 0.1) is 6.54 Å². The first-order valence-corrected chi connectivity index (χ1v) is 4.54. The van der Waals surface area contributed by atoms with Crippen LogP contribution in [0.25, 0.3) is 0 Å². The molecule has 0 radical (unpaired) electrons. The Balaban J connectivity index is 3.36. The lowest BCUT2D eigenvalue weighted by molar-refractivity contribution is -0.119. The minimum absolute atomic E-state index is 0.112. The highest BCUT2D eigenvalue weighted by Crippen LogP contribution is 1.77. The Morgan fingerprint density at radius 2 is 2.07 bits per heavy atom. The summed E-state index contributed by atoms with van der Waals surface area (Å²) in [5.41, 5.74) is 4.76. The zero-order valence-corrected chi connectivity index (χ0v) is 8.67. The van der Waals surface area contributed by atoms with Gasteiger partial charge in [-0.25, -0.2) is 4.79 Å². The smallest absolute Gasteiger partial charge is 0.318 e. The number of nitrogens with one attached hydrogen (secondary N) is 2. The average molecular weight is 202 g/mol. The molecule has 0 saturated carbocycles. The number of urea groups is 1. The molecule has 6 nitrogen and oxygen atoms in total. The van der Waals surface area contributed by atoms with Crippen LogP contribution in [0.4, 0.5) is 4.79 Å². The van der Waals surface area contributed by atoms with Crippen molar-refractivity contribution in [1.29, 1.82) is 0 Å². The first-order chi connectivity index (χ1) is 6.56. The van der Waals surface area contributed by atoms with Crippen LogP contribution in [0.5, 0.6) is 0 Å². The lowest BCUT2D eigenvalue weighted by Gasteiger charge is -2.13. The van der Waals surface area contributed by atoms with Crippen molar-refractivity contribution < 1.29 is 9.59 Å². The van der Waals surface area contributed by atoms with Crippen LogP contribution >= 0.6 is 0 Å². The van der Waals surface area contributed by atoms with Crippen LogP contribution in [0.3, 0.4) is 0 Å². The highest BCUT2D eigenvalue weighted by Gasteiger charge is 2.02. The van der Waals surface area contributed by atoms with Gasteiger partial charge in [0, 0.05) is 13.1 Å². The minimum atomic E-state index is -0.817. The number of nitrogens with zero attached hydrogens (tertiary/aromatic N) is 1. The van der Waals surface area contributed by atoms with Gasteiger partial charge in [-0.1, -0.05) is 6.92 Å². The van der Waals surface area contributed by atoms with E-state index in [9.17, 15) is 9.59 Å². The van der Waals surface area contributed by atoms with Crippen LogP contribution in [-0.2, 0) is 4.79 Å². The molecular formula is C8H18N4O2. The van der Waals surface area contributed by atoms with Gasteiger partial charge < -0.3 is 16.0 Å². The van der Waals surface area contributed by atoms with E-state index in [0.29, 0.717) is 6.54 Å². The molecule has 0 atom stereocenters. The van der Waals surface area contributed by atoms with E-state index in [1.54, 1.807) is 0 Å². The van der Waals surface area contributed by atoms with Gasteiger partial charge in [0.2, 0.25) is 5.91 Å². The van der Waals surface area contributed by atoms with E-state index in [1.165, 1.54) is 0 Å². The van der Waals surface area contributed by atoms with E-state index >= 15 is 0 Å². The van der Waals surface area contributed by atoms with Gasteiger partial charge >= 0.3 is 6.03 Å². The number of primary amides is 1. The van der Waals surface area contributed by atoms with E-state index in [4.69, 9.17) is 5.73 Å². The molecule has 0 spiro atoms. The minimum Gasteiger partial charge on any atom is -0.351 e. The van der Waals surface area contributed by atoms with Crippen molar-refractivity contribution in [2.24, 2.45) is 5.73 Å². The number of carbonyl (C=O) groups excluding carboxylic acids is 2. The third kappa shape index (κ3) is 7.51. The second kappa shape index (κ2) is 7.28. The van der Waals surface area contributed by atoms with Gasteiger partial charge in [-0.2, -0.15) is 0 Å². The van der Waals surface area contributed by atoms with Crippen LogP contribution in [-0.4, -0.2) is 50.1 Å². The Morgan fingerprint density at radius 3 is 2.57 bits per heavy atom. The lowest BCUT2D eigenvalue weighted by atomic mass is 10.5. The fourth-order valence-corrected chi connectivity index (χ4v) is 0.812. The maximum Gasteiger partial charge on any atom is 0.318 e. The van der Waals surface area contributed by atoms with E-state index < -0.39 is 11.9 Å². The van der Waals surface area contributed by atoms with Crippen LogP contribution < -0.4 is 16.4 Å². The zero-order valence-electron chi connectivity index (χ0n) is 8.67. The molecular weight excluding hydrogens is 184 g/mol. The fraction of sp³-hybridized carbons (Fsp3) is 0.750. The molecule has 0 bridgehead atoms. The standard InChI is InChI=1S/C8H18N4O2/c1-3-12(2)5-4-10-6-7(13)11-8(9)14/h10H,3-6H2,1-2H3,(H3,9,11,13,14). The van der Waals surface area contributed by atoms with Crippen LogP contribution in [0.1, 0.15) is 6.92 Å². The van der Waals surface area contributed by atoms with Crippen molar-refractivity contribution in [1.82, 2.24) is 15.5 Å². The Hall–Kier alpha value is -1.14. The molecule has 82 valence electrons. The van der Waals surface area contributed by atoms with Crippen molar-refractivity contribution in [2.45, 2.75) is 6.92 Å². The molecule has 0 saturated heterocycles. The first-order valence-electron chi connectivity index (χ1n) is 4.54. The largest absolute Gasteiger partial charge is 0.351 e. The van der Waals surface area contributed by atoms with Crippen LogP contribution in [0.15, 0.2) is 0 Å². The molecule has 0 rings (SSSR count). The number of imide groups is 1. The normalized spacial score (nSPS) is 10.2. The third-order valence-electron chi connectivity index (χ3n) is 1.76. The van der Waals surface area contributed by atoms with E-state index in [0.717, 1.165) is 13.1 Å². The van der Waals surface area contributed by atoms with Crippen molar-refractivity contribution in [3.63, 3.8) is 0 Å². The Kier molecular flexibility index (Phi) is 6.69. The predicted molar refractivity (Wildman–Crippen MR) is 53.8 cm³/mol. The lowest BCUT2D eigenvalue weighted by Crippen LogP contribution is -2.42. The molecule has 0 fully saturated rings. The summed E-state index contributed by atoms with van der Waals surface area (Å²) in [6.45, 7) is 4.70. The van der Waals surface area contributed by atoms with Gasteiger partial charge in [0.25, 0.3) is 0 Å². The summed E-state index contributed by atoms with van der Waals surface area (Å²) in [4.78, 5) is 23.2. The maximum atomic E-state index is 10.9. The molecule has 6 heteroatoms. The van der Waals surface area contributed by atoms with Crippen LogP contribution in [0, 0.1) is 0 Å². The molecule has 0 aromatic carbocycles. The highest BCUT2D eigenvalue weighted by molar-refractivity contribution is 5.94. The second-order valence-electron chi connectivity index (χ2n) is 2.99. The van der Waals surface area contributed by atoms with E-state index in [2.05, 4.69) is 17.1 Å². The number of hydrogen-bond acceptors (Lipinski definition) is 4. The molecule has 4 N–H and O–H groups in total. The summed E-state index contributed by atoms with van der Waals surface area (Å²) < 4.78 is 0. The number of nitrogens with two attached hydrogens (primary N) is 1. The fourth-order valence-electron chi connectivity index (χ4n) is 0.812. The average Bonchev–Trinajstić information content (AvgIpc) is 2.10. The topological polar surface area (TPSA) is 87.5 Å². The van der Waals surface area contributed by atoms with Crippen molar-refractivity contribution in [2.75, 3.05) is 33.2 Å². The second-order valence-corrected chi connectivity index (χ2v) is 2.99. The molecule has 14 heavy (non-hydrogen) atoms. The number of amides is 3. The summed E-state index contributed by atoms with van der Waals surface area (Å²) in [7, 11) is 1.99. The number of rotatable bonds is 6. The molecule has 0 aliphatic rings. The Labute approximate surface area is 83.8 Å². The van der Waals surface area contributed by atoms with Crippen molar-refractivity contribution in [3.05, 3.63) is 0 Å². The number of carbonyl (C=O) groups is 2. The number of hydrogen-bond donors (Lipinski definition) is 3. The van der Waals surface area contributed by atoms with E-state index in [1.807, 2.05) is 12.4 Å². The summed E-state index contributed by atoms with van der Waals surface area (Å²) in [5, 5.41) is 4.86. The molecule has 3 amide bonds. The van der Waals surface area contributed by atoms with E-state index in [-0.39, 0.29) is 6.54 Å². The molecule has 0 aromatic rings. The molecule has 0 aliphatic carbocycles. The van der Waals surface area contributed by atoms with Crippen LogP contribution in [0.2, 0.25) is 0 Å². The van der Waals surface area contributed by atoms with Gasteiger partial charge in [0.1, 0.15) is 0 Å².